The lowest BCUT2D eigenvalue weighted by molar-refractivity contribution is 0.669. The number of nitrogens with zero attached hydrogens (tertiary/aromatic N) is 2. The third-order valence-electron chi connectivity index (χ3n) is 12.2. The molecular weight excluding hydrogens is 741 g/mol. The Bertz CT molecular complexity index is 3560. The molecule has 0 radical (unpaired) electrons. The Morgan fingerprint density at radius 1 is 0.344 bits per heavy atom. The first-order valence-electron chi connectivity index (χ1n) is 20.8. The Morgan fingerprint density at radius 2 is 0.951 bits per heavy atom. The first-order chi connectivity index (χ1) is 30.3. The van der Waals surface area contributed by atoms with E-state index in [-0.39, 0.29) is 0 Å². The van der Waals surface area contributed by atoms with Crippen LogP contribution < -0.4 is 4.90 Å². The number of rotatable bonds is 7. The lowest BCUT2D eigenvalue weighted by Crippen LogP contribution is -2.11. The number of benzene rings is 10. The van der Waals surface area contributed by atoms with E-state index in [1.165, 1.54) is 54.8 Å². The highest BCUT2D eigenvalue weighted by Gasteiger charge is 2.21. The molecule has 0 aliphatic rings. The van der Waals surface area contributed by atoms with Crippen molar-refractivity contribution in [3.05, 3.63) is 231 Å². The zero-order valence-electron chi connectivity index (χ0n) is 33.2. The minimum Gasteiger partial charge on any atom is -0.456 e. The first kappa shape index (κ1) is 34.9. The first-order valence-corrected chi connectivity index (χ1v) is 20.8. The molecule has 0 saturated carbocycles. The van der Waals surface area contributed by atoms with E-state index in [2.05, 4.69) is 228 Å². The molecule has 2 aromatic heterocycles. The predicted octanol–water partition coefficient (Wildman–Crippen LogP) is 16.3. The summed E-state index contributed by atoms with van der Waals surface area (Å²) in [7, 11) is 0. The topological polar surface area (TPSA) is 21.3 Å². The molecule has 3 nitrogen and oxygen atoms in total. The van der Waals surface area contributed by atoms with Crippen molar-refractivity contribution >= 4 is 71.6 Å². The molecule has 0 amide bonds. The van der Waals surface area contributed by atoms with Gasteiger partial charge >= 0.3 is 0 Å². The fourth-order valence-corrected chi connectivity index (χ4v) is 9.39. The Kier molecular flexibility index (Phi) is 8.17. The lowest BCUT2D eigenvalue weighted by atomic mass is 9.94. The van der Waals surface area contributed by atoms with E-state index in [0.717, 1.165) is 55.8 Å². The summed E-state index contributed by atoms with van der Waals surface area (Å²) < 4.78 is 8.70. The molecule has 3 heteroatoms. The quantitative estimate of drug-likeness (QED) is 0.161. The Morgan fingerprint density at radius 3 is 1.77 bits per heavy atom. The van der Waals surface area contributed by atoms with Crippen molar-refractivity contribution in [1.29, 1.82) is 0 Å². The molecule has 0 atom stereocenters. The van der Waals surface area contributed by atoms with Crippen molar-refractivity contribution in [2.75, 3.05) is 4.90 Å². The molecule has 10 aromatic carbocycles. The van der Waals surface area contributed by atoms with Crippen LogP contribution in [-0.4, -0.2) is 4.57 Å². The van der Waals surface area contributed by atoms with Crippen molar-refractivity contribution in [2.45, 2.75) is 0 Å². The molecule has 0 fully saturated rings. The number of aromatic nitrogens is 1. The maximum Gasteiger partial charge on any atom is 0.135 e. The van der Waals surface area contributed by atoms with Crippen molar-refractivity contribution < 1.29 is 4.42 Å². The highest BCUT2D eigenvalue weighted by molar-refractivity contribution is 6.25. The van der Waals surface area contributed by atoms with Gasteiger partial charge in [0.1, 0.15) is 11.2 Å². The molecule has 286 valence electrons. The standard InChI is InChI=1S/C58H38N2O/c1-3-14-39(15-4-1)40-26-31-44(32-27-40)59(46-35-37-56-51(38-46)49-20-9-12-25-55(49)61-56)52-23-10-7-19-47(52)42-28-33-45(34-29-42)60-53-24-11-8-21-50(53)58-54(60)36-30-43-18-13-22-48(57(43)58)41-16-5-2-6-17-41/h1-38H. The number of hydrogen-bond acceptors (Lipinski definition) is 2. The summed E-state index contributed by atoms with van der Waals surface area (Å²) in [4.78, 5) is 2.38. The van der Waals surface area contributed by atoms with E-state index in [0.29, 0.717) is 0 Å². The fourth-order valence-electron chi connectivity index (χ4n) is 9.39. The van der Waals surface area contributed by atoms with Gasteiger partial charge in [-0.3, -0.25) is 0 Å². The molecule has 2 heterocycles. The van der Waals surface area contributed by atoms with Gasteiger partial charge in [-0.2, -0.15) is 0 Å². The molecule has 0 N–H and O–H groups in total. The number of furan rings is 1. The van der Waals surface area contributed by atoms with E-state index in [9.17, 15) is 0 Å². The van der Waals surface area contributed by atoms with E-state index in [1.54, 1.807) is 0 Å². The molecule has 0 aliphatic carbocycles. The minimum atomic E-state index is 0.877. The van der Waals surface area contributed by atoms with Crippen LogP contribution in [0.3, 0.4) is 0 Å². The van der Waals surface area contributed by atoms with Gasteiger partial charge in [0.05, 0.1) is 16.7 Å². The Labute approximate surface area is 353 Å². The highest BCUT2D eigenvalue weighted by Crippen LogP contribution is 2.45. The van der Waals surface area contributed by atoms with E-state index < -0.39 is 0 Å². The molecule has 0 aliphatic heterocycles. The van der Waals surface area contributed by atoms with Gasteiger partial charge in [-0.25, -0.2) is 0 Å². The van der Waals surface area contributed by atoms with Crippen LogP contribution in [0.2, 0.25) is 0 Å². The van der Waals surface area contributed by atoms with E-state index >= 15 is 0 Å². The molecule has 0 unspecified atom stereocenters. The zero-order chi connectivity index (χ0) is 40.3. The van der Waals surface area contributed by atoms with Gasteiger partial charge in [0.25, 0.3) is 0 Å². The van der Waals surface area contributed by atoms with Crippen molar-refractivity contribution in [3.8, 4) is 39.1 Å². The SMILES string of the molecule is c1ccc(-c2ccc(N(c3ccc4oc5ccccc5c4c3)c3ccccc3-c3ccc(-n4c5ccccc5c5c6c(-c7ccccc7)cccc6ccc54)cc3)cc2)cc1. The second-order valence-corrected chi connectivity index (χ2v) is 15.7. The third-order valence-corrected chi connectivity index (χ3v) is 12.2. The Hall–Kier alpha value is -8.14. The lowest BCUT2D eigenvalue weighted by Gasteiger charge is -2.28. The number of fused-ring (bicyclic) bond motifs is 8. The summed E-state index contributed by atoms with van der Waals surface area (Å²) in [6.07, 6.45) is 0. The van der Waals surface area contributed by atoms with Gasteiger partial charge in [-0.05, 0) is 105 Å². The summed E-state index contributed by atoms with van der Waals surface area (Å²) >= 11 is 0. The maximum atomic E-state index is 6.28. The van der Waals surface area contributed by atoms with Crippen LogP contribution in [0.5, 0.6) is 0 Å². The molecule has 0 saturated heterocycles. The van der Waals surface area contributed by atoms with Crippen LogP contribution in [-0.2, 0) is 0 Å². The van der Waals surface area contributed by atoms with Gasteiger partial charge < -0.3 is 13.9 Å². The van der Waals surface area contributed by atoms with Gasteiger partial charge in [0.2, 0.25) is 0 Å². The summed E-state index contributed by atoms with van der Waals surface area (Å²) in [5, 5.41) is 7.25. The summed E-state index contributed by atoms with van der Waals surface area (Å²) in [5.41, 5.74) is 15.6. The van der Waals surface area contributed by atoms with Crippen molar-refractivity contribution in [1.82, 2.24) is 4.57 Å². The van der Waals surface area contributed by atoms with Crippen LogP contribution in [0, 0.1) is 0 Å². The van der Waals surface area contributed by atoms with Gasteiger partial charge in [-0.1, -0.05) is 164 Å². The van der Waals surface area contributed by atoms with E-state index in [1.807, 2.05) is 12.1 Å². The van der Waals surface area contributed by atoms with Crippen LogP contribution in [0.1, 0.15) is 0 Å². The van der Waals surface area contributed by atoms with Crippen molar-refractivity contribution in [3.63, 3.8) is 0 Å². The second-order valence-electron chi connectivity index (χ2n) is 15.7. The number of hydrogen-bond donors (Lipinski definition) is 0. The van der Waals surface area contributed by atoms with Crippen LogP contribution in [0.25, 0.3) is 93.6 Å². The summed E-state index contributed by atoms with van der Waals surface area (Å²) in [6, 6.07) is 82.9. The largest absolute Gasteiger partial charge is 0.456 e. The monoisotopic (exact) mass is 778 g/mol. The summed E-state index contributed by atoms with van der Waals surface area (Å²) in [5.74, 6) is 0. The van der Waals surface area contributed by atoms with Gasteiger partial charge in [-0.15, -0.1) is 0 Å². The highest BCUT2D eigenvalue weighted by atomic mass is 16.3. The molecule has 12 aromatic rings. The maximum absolute atomic E-state index is 6.28. The zero-order valence-corrected chi connectivity index (χ0v) is 33.2. The van der Waals surface area contributed by atoms with Gasteiger partial charge in [0.15, 0.2) is 0 Å². The minimum absolute atomic E-state index is 0.877. The van der Waals surface area contributed by atoms with Gasteiger partial charge in [0, 0.05) is 44.2 Å². The van der Waals surface area contributed by atoms with Crippen LogP contribution >= 0.6 is 0 Å². The molecule has 0 spiro atoms. The third kappa shape index (κ3) is 5.82. The van der Waals surface area contributed by atoms with Crippen LogP contribution in [0.4, 0.5) is 17.1 Å². The average Bonchev–Trinajstić information content (AvgIpc) is 3.88. The van der Waals surface area contributed by atoms with Crippen LogP contribution in [0.15, 0.2) is 235 Å². The normalized spacial score (nSPS) is 11.6. The molecule has 0 bridgehead atoms. The molecule has 61 heavy (non-hydrogen) atoms. The molecular formula is C58H38N2O. The number of para-hydroxylation sites is 3. The predicted molar refractivity (Wildman–Crippen MR) is 257 cm³/mol. The average molecular weight is 779 g/mol. The summed E-state index contributed by atoms with van der Waals surface area (Å²) in [6.45, 7) is 0. The Balaban J connectivity index is 1.01. The van der Waals surface area contributed by atoms with Crippen molar-refractivity contribution in [2.24, 2.45) is 0 Å². The fraction of sp³-hybridized carbons (Fsp3) is 0. The van der Waals surface area contributed by atoms with E-state index in [4.69, 9.17) is 4.42 Å². The smallest absolute Gasteiger partial charge is 0.135 e. The second kappa shape index (κ2) is 14.3. The molecule has 12 rings (SSSR count). The number of anilines is 3.